The Bertz CT molecular complexity index is 815. The summed E-state index contributed by atoms with van der Waals surface area (Å²) in [6.45, 7) is 0.859. The molecule has 0 aromatic carbocycles. The van der Waals surface area contributed by atoms with Gasteiger partial charge in [-0.15, -0.1) is 0 Å². The van der Waals surface area contributed by atoms with E-state index in [1.54, 1.807) is 17.3 Å². The number of nitrogens with one attached hydrogen (secondary N) is 2. The Balaban J connectivity index is 1.73. The van der Waals surface area contributed by atoms with Gasteiger partial charge in [0.05, 0.1) is 11.7 Å². The number of hydrogen-bond donors (Lipinski definition) is 2. The van der Waals surface area contributed by atoms with Crippen molar-refractivity contribution in [1.82, 2.24) is 19.6 Å². The molecule has 1 fully saturated rings. The molecule has 2 aromatic rings. The van der Waals surface area contributed by atoms with Crippen LogP contribution < -0.4 is 4.72 Å². The minimum atomic E-state index is -3.34. The molecule has 1 unspecified atom stereocenters. The molecule has 0 radical (unpaired) electrons. The average Bonchev–Trinajstić information content (AvgIpc) is 2.98. The summed E-state index contributed by atoms with van der Waals surface area (Å²) in [5, 5.41) is 0.395. The van der Waals surface area contributed by atoms with Crippen molar-refractivity contribution in [3.63, 3.8) is 0 Å². The molecule has 0 saturated carbocycles. The SMILES string of the molecule is CNS(=O)(=O)C1CCCN(C(=O)Cc2c[nH]c3ncccc23)C1. The molecular weight excluding hydrogens is 316 g/mol. The Morgan fingerprint density at radius 1 is 1.52 bits per heavy atom. The van der Waals surface area contributed by atoms with Gasteiger partial charge in [0.15, 0.2) is 0 Å². The Kier molecular flexibility index (Phi) is 4.36. The Morgan fingerprint density at radius 3 is 3.13 bits per heavy atom. The number of carbonyl (C=O) groups excluding carboxylic acids is 1. The minimum Gasteiger partial charge on any atom is -0.346 e. The van der Waals surface area contributed by atoms with Crippen LogP contribution in [0.2, 0.25) is 0 Å². The van der Waals surface area contributed by atoms with Crippen LogP contribution >= 0.6 is 0 Å². The van der Waals surface area contributed by atoms with Crippen molar-refractivity contribution in [2.24, 2.45) is 0 Å². The number of aromatic amines is 1. The van der Waals surface area contributed by atoms with Crippen molar-refractivity contribution < 1.29 is 13.2 Å². The van der Waals surface area contributed by atoms with Crippen LogP contribution in [0.4, 0.5) is 0 Å². The number of amides is 1. The Morgan fingerprint density at radius 2 is 2.35 bits per heavy atom. The van der Waals surface area contributed by atoms with Crippen molar-refractivity contribution in [2.75, 3.05) is 20.1 Å². The average molecular weight is 336 g/mol. The summed E-state index contributed by atoms with van der Waals surface area (Å²) in [6.07, 6.45) is 5.03. The standard InChI is InChI=1S/C15H20N4O3S/c1-16-23(21,22)12-4-3-7-19(10-12)14(20)8-11-9-18-15-13(11)5-2-6-17-15/h2,5-6,9,12,16H,3-4,7-8,10H2,1H3,(H,17,18). The quantitative estimate of drug-likeness (QED) is 0.857. The molecule has 7 nitrogen and oxygen atoms in total. The first kappa shape index (κ1) is 15.9. The maximum Gasteiger partial charge on any atom is 0.227 e. The van der Waals surface area contributed by atoms with Gasteiger partial charge >= 0.3 is 0 Å². The van der Waals surface area contributed by atoms with E-state index in [9.17, 15) is 13.2 Å². The van der Waals surface area contributed by atoms with Crippen LogP contribution in [-0.4, -0.2) is 54.6 Å². The maximum absolute atomic E-state index is 12.5. The number of fused-ring (bicyclic) bond motifs is 1. The fourth-order valence-electron chi connectivity index (χ4n) is 3.02. The summed E-state index contributed by atoms with van der Waals surface area (Å²) < 4.78 is 26.3. The van der Waals surface area contributed by atoms with Gasteiger partial charge in [-0.1, -0.05) is 0 Å². The molecule has 0 aliphatic carbocycles. The van der Waals surface area contributed by atoms with Crippen molar-refractivity contribution in [3.05, 3.63) is 30.1 Å². The lowest BCUT2D eigenvalue weighted by Gasteiger charge is -2.32. The van der Waals surface area contributed by atoms with Crippen molar-refractivity contribution in [2.45, 2.75) is 24.5 Å². The van der Waals surface area contributed by atoms with Gasteiger partial charge in [-0.25, -0.2) is 18.1 Å². The smallest absolute Gasteiger partial charge is 0.227 e. The van der Waals surface area contributed by atoms with Gasteiger partial charge in [0, 0.05) is 30.9 Å². The predicted octanol–water partition coefficient (Wildman–Crippen LogP) is 0.646. The highest BCUT2D eigenvalue weighted by Gasteiger charge is 2.31. The molecule has 0 spiro atoms. The van der Waals surface area contributed by atoms with Crippen LogP contribution in [0.25, 0.3) is 11.0 Å². The molecule has 1 aliphatic rings. The van der Waals surface area contributed by atoms with Crippen LogP contribution in [0.3, 0.4) is 0 Å². The van der Waals surface area contributed by atoms with E-state index in [0.29, 0.717) is 19.4 Å². The second-order valence-corrected chi connectivity index (χ2v) is 7.91. The molecule has 0 bridgehead atoms. The molecule has 2 aromatic heterocycles. The monoisotopic (exact) mass is 336 g/mol. The first-order valence-electron chi connectivity index (χ1n) is 7.62. The number of carbonyl (C=O) groups is 1. The van der Waals surface area contributed by atoms with Gasteiger partial charge < -0.3 is 9.88 Å². The molecule has 1 amide bonds. The summed E-state index contributed by atoms with van der Waals surface area (Å²) in [7, 11) is -1.93. The number of pyridine rings is 1. The number of piperidine rings is 1. The molecule has 23 heavy (non-hydrogen) atoms. The largest absolute Gasteiger partial charge is 0.346 e. The highest BCUT2D eigenvalue weighted by atomic mass is 32.2. The number of H-pyrrole nitrogens is 1. The topological polar surface area (TPSA) is 95.2 Å². The van der Waals surface area contributed by atoms with Crippen LogP contribution in [0, 0.1) is 0 Å². The first-order valence-corrected chi connectivity index (χ1v) is 9.17. The van der Waals surface area contributed by atoms with E-state index >= 15 is 0 Å². The fraction of sp³-hybridized carbons (Fsp3) is 0.467. The van der Waals surface area contributed by atoms with E-state index in [2.05, 4.69) is 14.7 Å². The van der Waals surface area contributed by atoms with Gasteiger partial charge in [0.25, 0.3) is 0 Å². The third-order valence-corrected chi connectivity index (χ3v) is 6.16. The van der Waals surface area contributed by atoms with Gasteiger partial charge in [0.1, 0.15) is 5.65 Å². The van der Waals surface area contributed by atoms with Crippen LogP contribution in [-0.2, 0) is 21.2 Å². The van der Waals surface area contributed by atoms with Crippen molar-refractivity contribution in [3.8, 4) is 0 Å². The molecule has 1 atom stereocenters. The summed E-state index contributed by atoms with van der Waals surface area (Å²) in [4.78, 5) is 21.5. The van der Waals surface area contributed by atoms with Gasteiger partial charge in [-0.05, 0) is 37.6 Å². The zero-order chi connectivity index (χ0) is 16.4. The van der Waals surface area contributed by atoms with Crippen LogP contribution in [0.5, 0.6) is 0 Å². The molecule has 124 valence electrons. The number of nitrogens with zero attached hydrogens (tertiary/aromatic N) is 2. The molecule has 1 saturated heterocycles. The first-order chi connectivity index (χ1) is 11.0. The number of likely N-dealkylation sites (tertiary alicyclic amines) is 1. The normalized spacial score (nSPS) is 19.2. The number of aromatic nitrogens is 2. The number of sulfonamides is 1. The molecular formula is C15H20N4O3S. The van der Waals surface area contributed by atoms with Crippen molar-refractivity contribution in [1.29, 1.82) is 0 Å². The number of rotatable bonds is 4. The zero-order valence-electron chi connectivity index (χ0n) is 12.9. The Labute approximate surface area is 135 Å². The third-order valence-electron chi connectivity index (χ3n) is 4.33. The summed E-state index contributed by atoms with van der Waals surface area (Å²) in [6, 6.07) is 3.76. The van der Waals surface area contributed by atoms with E-state index in [1.807, 2.05) is 12.1 Å². The lowest BCUT2D eigenvalue weighted by Crippen LogP contribution is -2.48. The fourth-order valence-corrected chi connectivity index (χ4v) is 4.20. The van der Waals surface area contributed by atoms with Crippen LogP contribution in [0.15, 0.2) is 24.5 Å². The summed E-state index contributed by atoms with van der Waals surface area (Å²) >= 11 is 0. The zero-order valence-corrected chi connectivity index (χ0v) is 13.8. The van der Waals surface area contributed by atoms with E-state index in [1.165, 1.54) is 7.05 Å². The van der Waals surface area contributed by atoms with E-state index < -0.39 is 15.3 Å². The lowest BCUT2D eigenvalue weighted by molar-refractivity contribution is -0.131. The highest BCUT2D eigenvalue weighted by molar-refractivity contribution is 7.90. The highest BCUT2D eigenvalue weighted by Crippen LogP contribution is 2.20. The van der Waals surface area contributed by atoms with E-state index in [4.69, 9.17) is 0 Å². The van der Waals surface area contributed by atoms with Gasteiger partial charge in [-0.2, -0.15) is 0 Å². The Hall–Kier alpha value is -1.93. The second-order valence-electron chi connectivity index (χ2n) is 5.74. The molecule has 3 rings (SSSR count). The predicted molar refractivity (Wildman–Crippen MR) is 87.4 cm³/mol. The van der Waals surface area contributed by atoms with Crippen molar-refractivity contribution >= 4 is 27.0 Å². The molecule has 2 N–H and O–H groups in total. The molecule has 3 heterocycles. The van der Waals surface area contributed by atoms with Gasteiger partial charge in [-0.3, -0.25) is 4.79 Å². The minimum absolute atomic E-state index is 0.0502. The van der Waals surface area contributed by atoms with Crippen LogP contribution in [0.1, 0.15) is 18.4 Å². The molecule has 1 aliphatic heterocycles. The lowest BCUT2D eigenvalue weighted by atomic mass is 10.1. The van der Waals surface area contributed by atoms with Gasteiger partial charge in [0.2, 0.25) is 15.9 Å². The summed E-state index contributed by atoms with van der Waals surface area (Å²) in [5.41, 5.74) is 1.64. The van der Waals surface area contributed by atoms with E-state index in [-0.39, 0.29) is 18.9 Å². The second kappa shape index (κ2) is 6.29. The van der Waals surface area contributed by atoms with E-state index in [0.717, 1.165) is 16.6 Å². The maximum atomic E-state index is 12.5. The summed E-state index contributed by atoms with van der Waals surface area (Å²) in [5.74, 6) is -0.0502. The molecule has 8 heteroatoms. The third kappa shape index (κ3) is 3.23. The number of hydrogen-bond acceptors (Lipinski definition) is 4.